The number of pyridine rings is 1. The van der Waals surface area contributed by atoms with Gasteiger partial charge in [-0.25, -0.2) is 4.79 Å². The fourth-order valence-corrected chi connectivity index (χ4v) is 1.24. The van der Waals surface area contributed by atoms with E-state index in [4.69, 9.17) is 16.2 Å². The SMILES string of the molecule is CC(C)COc1nc(NCCOC(N)=O)ccc1N. The van der Waals surface area contributed by atoms with Gasteiger partial charge in [0, 0.05) is 0 Å². The van der Waals surface area contributed by atoms with Gasteiger partial charge < -0.3 is 26.3 Å². The summed E-state index contributed by atoms with van der Waals surface area (Å²) in [5.74, 6) is 1.39. The number of nitrogens with zero attached hydrogens (tertiary/aromatic N) is 1. The summed E-state index contributed by atoms with van der Waals surface area (Å²) < 4.78 is 10.1. The highest BCUT2D eigenvalue weighted by Gasteiger charge is 2.05. The van der Waals surface area contributed by atoms with Gasteiger partial charge in [0.05, 0.1) is 18.8 Å². The van der Waals surface area contributed by atoms with Gasteiger partial charge in [-0.1, -0.05) is 13.8 Å². The van der Waals surface area contributed by atoms with E-state index in [0.717, 1.165) is 0 Å². The first kappa shape index (κ1) is 14.9. The van der Waals surface area contributed by atoms with Gasteiger partial charge in [0.15, 0.2) is 0 Å². The molecule has 0 aliphatic heterocycles. The van der Waals surface area contributed by atoms with E-state index in [9.17, 15) is 4.79 Å². The molecule has 1 amide bonds. The minimum Gasteiger partial charge on any atom is -0.476 e. The van der Waals surface area contributed by atoms with Gasteiger partial charge in [-0.15, -0.1) is 0 Å². The first-order valence-electron chi connectivity index (χ1n) is 6.04. The average Bonchev–Trinajstić information content (AvgIpc) is 2.34. The molecular formula is C12H20N4O3. The Labute approximate surface area is 112 Å². The van der Waals surface area contributed by atoms with Crippen LogP contribution in [-0.4, -0.2) is 30.8 Å². The highest BCUT2D eigenvalue weighted by atomic mass is 16.5. The van der Waals surface area contributed by atoms with Gasteiger partial charge in [0.1, 0.15) is 12.4 Å². The van der Waals surface area contributed by atoms with Crippen molar-refractivity contribution >= 4 is 17.6 Å². The normalized spacial score (nSPS) is 10.3. The molecule has 7 nitrogen and oxygen atoms in total. The van der Waals surface area contributed by atoms with Crippen molar-refractivity contribution in [2.45, 2.75) is 13.8 Å². The van der Waals surface area contributed by atoms with E-state index in [1.54, 1.807) is 12.1 Å². The zero-order chi connectivity index (χ0) is 14.3. The van der Waals surface area contributed by atoms with Crippen molar-refractivity contribution in [3.8, 4) is 5.88 Å². The molecule has 0 radical (unpaired) electrons. The summed E-state index contributed by atoms with van der Waals surface area (Å²) in [6.45, 7) is 5.21. The van der Waals surface area contributed by atoms with Crippen LogP contribution in [0.5, 0.6) is 5.88 Å². The molecule has 1 rings (SSSR count). The van der Waals surface area contributed by atoms with Crippen LogP contribution in [0, 0.1) is 5.92 Å². The van der Waals surface area contributed by atoms with Crippen LogP contribution < -0.4 is 21.5 Å². The highest BCUT2D eigenvalue weighted by molar-refractivity contribution is 5.64. The van der Waals surface area contributed by atoms with E-state index in [-0.39, 0.29) is 6.61 Å². The summed E-state index contributed by atoms with van der Waals surface area (Å²) >= 11 is 0. The highest BCUT2D eigenvalue weighted by Crippen LogP contribution is 2.21. The first-order valence-corrected chi connectivity index (χ1v) is 6.04. The van der Waals surface area contributed by atoms with Gasteiger partial charge in [-0.3, -0.25) is 0 Å². The minimum absolute atomic E-state index is 0.170. The Balaban J connectivity index is 2.50. The standard InChI is InChI=1S/C12H20N4O3/c1-8(2)7-19-11-9(13)3-4-10(16-11)15-5-6-18-12(14)17/h3-4,8H,5-7,13H2,1-2H3,(H2,14,17)(H,15,16). The van der Waals surface area contributed by atoms with Crippen molar-refractivity contribution < 1.29 is 14.3 Å². The van der Waals surface area contributed by atoms with Crippen molar-refractivity contribution in [1.29, 1.82) is 0 Å². The van der Waals surface area contributed by atoms with Gasteiger partial charge in [-0.05, 0) is 18.1 Å². The first-order chi connectivity index (χ1) is 8.99. The molecule has 0 saturated carbocycles. The van der Waals surface area contributed by atoms with Gasteiger partial charge in [0.25, 0.3) is 0 Å². The monoisotopic (exact) mass is 268 g/mol. The third-order valence-corrected chi connectivity index (χ3v) is 2.10. The van der Waals surface area contributed by atoms with Crippen LogP contribution in [0.3, 0.4) is 0 Å². The second-order valence-corrected chi connectivity index (χ2v) is 4.39. The van der Waals surface area contributed by atoms with Crippen LogP contribution in [0.4, 0.5) is 16.3 Å². The molecule has 0 spiro atoms. The molecule has 0 atom stereocenters. The Hall–Kier alpha value is -2.18. The third kappa shape index (κ3) is 5.80. The van der Waals surface area contributed by atoms with Crippen LogP contribution in [0.2, 0.25) is 0 Å². The lowest BCUT2D eigenvalue weighted by atomic mass is 10.2. The Kier molecular flexibility index (Phi) is 5.72. The lowest BCUT2D eigenvalue weighted by Gasteiger charge is -2.12. The molecule has 0 unspecified atom stereocenters. The number of nitrogens with one attached hydrogen (secondary N) is 1. The predicted molar refractivity (Wildman–Crippen MR) is 73.0 cm³/mol. The number of nitrogens with two attached hydrogens (primary N) is 2. The predicted octanol–water partition coefficient (Wildman–Crippen LogP) is 1.21. The summed E-state index contributed by atoms with van der Waals surface area (Å²) in [4.78, 5) is 14.6. The molecule has 5 N–H and O–H groups in total. The van der Waals surface area contributed by atoms with Gasteiger partial charge >= 0.3 is 6.09 Å². The van der Waals surface area contributed by atoms with E-state index in [1.165, 1.54) is 0 Å². The number of aromatic nitrogens is 1. The zero-order valence-electron chi connectivity index (χ0n) is 11.2. The average molecular weight is 268 g/mol. The largest absolute Gasteiger partial charge is 0.476 e. The second kappa shape index (κ2) is 7.30. The van der Waals surface area contributed by atoms with Crippen LogP contribution in [0.1, 0.15) is 13.8 Å². The van der Waals surface area contributed by atoms with Gasteiger partial charge in [-0.2, -0.15) is 4.98 Å². The molecule has 7 heteroatoms. The molecule has 1 aromatic heterocycles. The number of primary amides is 1. The number of hydrogen-bond acceptors (Lipinski definition) is 6. The number of rotatable bonds is 7. The Morgan fingerprint density at radius 1 is 1.47 bits per heavy atom. The zero-order valence-corrected chi connectivity index (χ0v) is 11.2. The molecule has 1 aromatic rings. The Morgan fingerprint density at radius 2 is 2.21 bits per heavy atom. The maximum absolute atomic E-state index is 10.4. The molecule has 0 fully saturated rings. The van der Waals surface area contributed by atoms with Crippen LogP contribution in [0.25, 0.3) is 0 Å². The maximum atomic E-state index is 10.4. The number of carbonyl (C=O) groups excluding carboxylic acids is 1. The van der Waals surface area contributed by atoms with E-state index in [0.29, 0.717) is 36.5 Å². The van der Waals surface area contributed by atoms with Crippen molar-refractivity contribution in [3.05, 3.63) is 12.1 Å². The quantitative estimate of drug-likeness (QED) is 0.641. The van der Waals surface area contributed by atoms with Crippen molar-refractivity contribution in [1.82, 2.24) is 4.98 Å². The maximum Gasteiger partial charge on any atom is 0.404 e. The number of carbonyl (C=O) groups is 1. The molecular weight excluding hydrogens is 248 g/mol. The van der Waals surface area contributed by atoms with E-state index < -0.39 is 6.09 Å². The third-order valence-electron chi connectivity index (χ3n) is 2.10. The lowest BCUT2D eigenvalue weighted by Crippen LogP contribution is -2.18. The summed E-state index contributed by atoms with van der Waals surface area (Å²) in [6, 6.07) is 3.43. The molecule has 0 bridgehead atoms. The molecule has 0 aromatic carbocycles. The topological polar surface area (TPSA) is 112 Å². The molecule has 19 heavy (non-hydrogen) atoms. The van der Waals surface area contributed by atoms with Crippen LogP contribution >= 0.6 is 0 Å². The van der Waals surface area contributed by atoms with Crippen molar-refractivity contribution in [2.24, 2.45) is 11.7 Å². The van der Waals surface area contributed by atoms with Gasteiger partial charge in [0.2, 0.25) is 5.88 Å². The fourth-order valence-electron chi connectivity index (χ4n) is 1.24. The lowest BCUT2D eigenvalue weighted by molar-refractivity contribution is 0.161. The second-order valence-electron chi connectivity index (χ2n) is 4.39. The van der Waals surface area contributed by atoms with Crippen molar-refractivity contribution in [2.75, 3.05) is 30.8 Å². The number of ether oxygens (including phenoxy) is 2. The summed E-state index contributed by atoms with van der Waals surface area (Å²) in [6.07, 6.45) is -0.798. The van der Waals surface area contributed by atoms with E-state index in [1.807, 2.05) is 13.8 Å². The minimum atomic E-state index is -0.798. The molecule has 0 saturated heterocycles. The smallest absolute Gasteiger partial charge is 0.404 e. The Morgan fingerprint density at radius 3 is 2.84 bits per heavy atom. The molecule has 1 heterocycles. The molecule has 106 valence electrons. The molecule has 0 aliphatic rings. The number of anilines is 2. The summed E-state index contributed by atoms with van der Waals surface area (Å²) in [5.41, 5.74) is 11.1. The van der Waals surface area contributed by atoms with Crippen LogP contribution in [0.15, 0.2) is 12.1 Å². The number of amides is 1. The van der Waals surface area contributed by atoms with E-state index in [2.05, 4.69) is 15.0 Å². The van der Waals surface area contributed by atoms with E-state index >= 15 is 0 Å². The summed E-state index contributed by atoms with van der Waals surface area (Å²) in [5, 5.41) is 2.98. The fraction of sp³-hybridized carbons (Fsp3) is 0.500. The Bertz CT molecular complexity index is 423. The van der Waals surface area contributed by atoms with Crippen LogP contribution in [-0.2, 0) is 4.74 Å². The molecule has 0 aliphatic carbocycles. The van der Waals surface area contributed by atoms with Crippen molar-refractivity contribution in [3.63, 3.8) is 0 Å². The number of nitrogen functional groups attached to an aromatic ring is 1. The number of hydrogen-bond donors (Lipinski definition) is 3. The summed E-state index contributed by atoms with van der Waals surface area (Å²) in [7, 11) is 0.